The first kappa shape index (κ1) is 24.0. The van der Waals surface area contributed by atoms with Crippen LogP contribution in [0.5, 0.6) is 0 Å². The number of hydrogen-bond donors (Lipinski definition) is 0. The molecule has 0 atom stereocenters. The summed E-state index contributed by atoms with van der Waals surface area (Å²) in [5, 5.41) is 0.573. The second kappa shape index (κ2) is 9.62. The number of nitrogens with zero attached hydrogens (tertiary/aromatic N) is 4. The molecule has 1 fully saturated rings. The molecule has 0 unspecified atom stereocenters. The van der Waals surface area contributed by atoms with Crippen molar-refractivity contribution in [2.75, 3.05) is 31.1 Å². The van der Waals surface area contributed by atoms with Gasteiger partial charge in [-0.15, -0.1) is 0 Å². The van der Waals surface area contributed by atoms with Gasteiger partial charge in [-0.2, -0.15) is 13.2 Å². The molecule has 1 aromatic heterocycles. The van der Waals surface area contributed by atoms with E-state index in [0.717, 1.165) is 17.3 Å². The zero-order chi connectivity index (χ0) is 24.5. The van der Waals surface area contributed by atoms with E-state index in [2.05, 4.69) is 14.9 Å². The van der Waals surface area contributed by atoms with E-state index in [4.69, 9.17) is 11.6 Å². The molecular weight excluding hydrogens is 465 g/mol. The van der Waals surface area contributed by atoms with Gasteiger partial charge in [-0.25, -0.2) is 9.97 Å². The van der Waals surface area contributed by atoms with Gasteiger partial charge < -0.3 is 9.80 Å². The second-order valence-electron chi connectivity index (χ2n) is 8.32. The van der Waals surface area contributed by atoms with E-state index in [9.17, 15) is 18.0 Å². The number of alkyl halides is 3. The van der Waals surface area contributed by atoms with E-state index in [0.29, 0.717) is 54.0 Å². The molecule has 2 heterocycles. The fourth-order valence-corrected chi connectivity index (χ4v) is 4.27. The third kappa shape index (κ3) is 5.33. The van der Waals surface area contributed by atoms with Crippen LogP contribution in [0.3, 0.4) is 0 Å². The maximum atomic E-state index is 13.2. The zero-order valence-corrected chi connectivity index (χ0v) is 19.6. The summed E-state index contributed by atoms with van der Waals surface area (Å²) in [6.07, 6.45) is -4.11. The highest BCUT2D eigenvalue weighted by Gasteiger charge is 2.31. The average molecular weight is 489 g/mol. The van der Waals surface area contributed by atoms with Crippen LogP contribution in [-0.2, 0) is 12.6 Å². The fourth-order valence-electron chi connectivity index (χ4n) is 4.14. The Kier molecular flexibility index (Phi) is 6.79. The smallest absolute Gasteiger partial charge is 0.353 e. The standard InChI is InChI=1S/C25H24ClF3N4O/c1-16-22(15-18-4-3-5-20(14-18)25(27,28)29)23(31-17(2)30-16)32-10-12-33(13-11-32)24(34)19-6-8-21(26)9-7-19/h3-9,14H,10-13,15H2,1-2H3. The quantitative estimate of drug-likeness (QED) is 0.499. The lowest BCUT2D eigenvalue weighted by Gasteiger charge is -2.36. The average Bonchev–Trinajstić information content (AvgIpc) is 2.80. The van der Waals surface area contributed by atoms with Crippen molar-refractivity contribution in [2.24, 2.45) is 0 Å². The minimum absolute atomic E-state index is 0.0597. The summed E-state index contributed by atoms with van der Waals surface area (Å²) in [5.41, 5.74) is 1.98. The third-order valence-corrected chi connectivity index (χ3v) is 6.15. The molecule has 3 aromatic rings. The van der Waals surface area contributed by atoms with Crippen molar-refractivity contribution in [2.45, 2.75) is 26.4 Å². The van der Waals surface area contributed by atoms with E-state index in [1.54, 1.807) is 42.2 Å². The largest absolute Gasteiger partial charge is 0.416 e. The van der Waals surface area contributed by atoms with Gasteiger partial charge in [-0.05, 0) is 49.7 Å². The molecule has 1 saturated heterocycles. The van der Waals surface area contributed by atoms with Gasteiger partial charge in [-0.1, -0.05) is 29.8 Å². The van der Waals surface area contributed by atoms with Gasteiger partial charge in [0.2, 0.25) is 0 Å². The summed E-state index contributed by atoms with van der Waals surface area (Å²) >= 11 is 5.92. The number of benzene rings is 2. The maximum Gasteiger partial charge on any atom is 0.416 e. The summed E-state index contributed by atoms with van der Waals surface area (Å²) in [6.45, 7) is 5.78. The minimum atomic E-state index is -4.40. The molecule has 1 amide bonds. The van der Waals surface area contributed by atoms with Crippen LogP contribution in [0.25, 0.3) is 0 Å². The lowest BCUT2D eigenvalue weighted by molar-refractivity contribution is -0.137. The number of hydrogen-bond acceptors (Lipinski definition) is 4. The Morgan fingerprint density at radius 1 is 1.00 bits per heavy atom. The first-order valence-electron chi connectivity index (χ1n) is 10.9. The molecule has 4 rings (SSSR count). The predicted molar refractivity (Wildman–Crippen MR) is 125 cm³/mol. The van der Waals surface area contributed by atoms with Crippen LogP contribution >= 0.6 is 11.6 Å². The Morgan fingerprint density at radius 3 is 2.32 bits per heavy atom. The Hall–Kier alpha value is -3.13. The predicted octanol–water partition coefficient (Wildman–Crippen LogP) is 5.32. The Labute approximate surface area is 201 Å². The molecule has 0 bridgehead atoms. The number of halogens is 4. The fraction of sp³-hybridized carbons (Fsp3) is 0.320. The first-order valence-corrected chi connectivity index (χ1v) is 11.3. The van der Waals surface area contributed by atoms with Gasteiger partial charge >= 0.3 is 6.18 Å². The summed E-state index contributed by atoms with van der Waals surface area (Å²) in [7, 11) is 0. The number of rotatable bonds is 4. The first-order chi connectivity index (χ1) is 16.1. The van der Waals surface area contributed by atoms with Gasteiger partial charge in [0.25, 0.3) is 5.91 Å². The van der Waals surface area contributed by atoms with Crippen LogP contribution in [0.4, 0.5) is 19.0 Å². The summed E-state index contributed by atoms with van der Waals surface area (Å²) in [5.74, 6) is 1.25. The molecule has 5 nitrogen and oxygen atoms in total. The van der Waals surface area contributed by atoms with Gasteiger partial charge in [0.1, 0.15) is 11.6 Å². The molecule has 0 radical (unpaired) electrons. The van der Waals surface area contributed by atoms with Crippen LogP contribution in [0, 0.1) is 13.8 Å². The van der Waals surface area contributed by atoms with Crippen LogP contribution in [-0.4, -0.2) is 47.0 Å². The molecule has 1 aliphatic heterocycles. The lowest BCUT2D eigenvalue weighted by atomic mass is 10.0. The number of aromatic nitrogens is 2. The monoisotopic (exact) mass is 488 g/mol. The molecule has 178 valence electrons. The lowest BCUT2D eigenvalue weighted by Crippen LogP contribution is -2.49. The Bertz CT molecular complexity index is 1190. The van der Waals surface area contributed by atoms with Crippen LogP contribution < -0.4 is 4.90 Å². The molecule has 0 spiro atoms. The van der Waals surface area contributed by atoms with Crippen molar-refractivity contribution < 1.29 is 18.0 Å². The van der Waals surface area contributed by atoms with Crippen molar-refractivity contribution in [3.8, 4) is 0 Å². The number of carbonyl (C=O) groups excluding carboxylic acids is 1. The highest BCUT2D eigenvalue weighted by atomic mass is 35.5. The molecule has 0 N–H and O–H groups in total. The molecule has 0 saturated carbocycles. The summed E-state index contributed by atoms with van der Waals surface area (Å²) in [4.78, 5) is 25.8. The highest BCUT2D eigenvalue weighted by molar-refractivity contribution is 6.30. The van der Waals surface area contributed by atoms with Crippen molar-refractivity contribution in [3.05, 3.63) is 87.3 Å². The van der Waals surface area contributed by atoms with Gasteiger partial charge in [0.15, 0.2) is 0 Å². The number of aryl methyl sites for hydroxylation is 2. The van der Waals surface area contributed by atoms with E-state index >= 15 is 0 Å². The van der Waals surface area contributed by atoms with Crippen molar-refractivity contribution in [3.63, 3.8) is 0 Å². The van der Waals surface area contributed by atoms with Crippen molar-refractivity contribution in [1.29, 1.82) is 0 Å². The van der Waals surface area contributed by atoms with Gasteiger partial charge in [0.05, 0.1) is 5.56 Å². The summed E-state index contributed by atoms with van der Waals surface area (Å²) in [6, 6.07) is 12.1. The van der Waals surface area contributed by atoms with Crippen molar-refractivity contribution >= 4 is 23.3 Å². The van der Waals surface area contributed by atoms with Gasteiger partial charge in [0, 0.05) is 54.4 Å². The Morgan fingerprint density at radius 2 is 1.68 bits per heavy atom. The molecule has 9 heteroatoms. The number of anilines is 1. The molecule has 0 aliphatic carbocycles. The molecule has 1 aliphatic rings. The van der Waals surface area contributed by atoms with Crippen LogP contribution in [0.2, 0.25) is 5.02 Å². The van der Waals surface area contributed by atoms with Crippen LogP contribution in [0.1, 0.15) is 38.6 Å². The van der Waals surface area contributed by atoms with E-state index in [1.165, 1.54) is 12.1 Å². The summed E-state index contributed by atoms with van der Waals surface area (Å²) < 4.78 is 39.5. The maximum absolute atomic E-state index is 13.2. The number of carbonyl (C=O) groups is 1. The van der Waals surface area contributed by atoms with Crippen LogP contribution in [0.15, 0.2) is 48.5 Å². The normalized spacial score (nSPS) is 14.4. The molecule has 2 aromatic carbocycles. The van der Waals surface area contributed by atoms with E-state index < -0.39 is 11.7 Å². The minimum Gasteiger partial charge on any atom is -0.353 e. The number of piperazine rings is 1. The highest BCUT2D eigenvalue weighted by Crippen LogP contribution is 2.31. The topological polar surface area (TPSA) is 49.3 Å². The second-order valence-corrected chi connectivity index (χ2v) is 8.76. The van der Waals surface area contributed by atoms with Gasteiger partial charge in [-0.3, -0.25) is 4.79 Å². The van der Waals surface area contributed by atoms with E-state index in [-0.39, 0.29) is 12.3 Å². The number of amides is 1. The SMILES string of the molecule is Cc1nc(C)c(Cc2cccc(C(F)(F)F)c2)c(N2CCN(C(=O)c3ccc(Cl)cc3)CC2)n1. The third-order valence-electron chi connectivity index (χ3n) is 5.90. The molecule has 34 heavy (non-hydrogen) atoms. The Balaban J connectivity index is 1.54. The van der Waals surface area contributed by atoms with Crippen molar-refractivity contribution in [1.82, 2.24) is 14.9 Å². The van der Waals surface area contributed by atoms with E-state index in [1.807, 2.05) is 6.92 Å². The zero-order valence-electron chi connectivity index (χ0n) is 18.9. The molecular formula is C25H24ClF3N4O.